The maximum atomic E-state index is 12.9. The maximum absolute atomic E-state index is 12.9. The molecule has 1 rings (SSSR count). The average molecular weight is 907 g/mol. The number of hydrogen-bond donors (Lipinski definition) is 4. The molecule has 0 aromatic rings. The van der Waals surface area contributed by atoms with Crippen LogP contribution >= 0.6 is 0 Å². The molecule has 0 aromatic carbocycles. The molecule has 1 aliphatic rings. The Bertz CT molecular complexity index is 1080. The average Bonchev–Trinajstić information content (AvgIpc) is 3.30. The second-order valence-electron chi connectivity index (χ2n) is 18.7. The van der Waals surface area contributed by atoms with E-state index in [1.54, 1.807) is 0 Å². The van der Waals surface area contributed by atoms with Gasteiger partial charge in [-0.15, -0.1) is 0 Å². The number of carbonyl (C=O) groups is 1. The van der Waals surface area contributed by atoms with Crippen LogP contribution in [0.4, 0.5) is 0 Å². The first-order valence-electron chi connectivity index (χ1n) is 27.1. The van der Waals surface area contributed by atoms with E-state index in [0.717, 1.165) is 38.5 Å². The van der Waals surface area contributed by atoms with Crippen molar-refractivity contribution < 1.29 is 44.2 Å². The number of carbonyl (C=O) groups excluding carboxylic acids is 1. The van der Waals surface area contributed by atoms with Crippen molar-refractivity contribution >= 4 is 5.97 Å². The molecule has 1 fully saturated rings. The molecule has 0 radical (unpaired) electrons. The Hall–Kier alpha value is -1.59. The third kappa shape index (κ3) is 36.5. The van der Waals surface area contributed by atoms with E-state index in [4.69, 9.17) is 18.9 Å². The lowest BCUT2D eigenvalue weighted by Crippen LogP contribution is -2.59. The lowest BCUT2D eigenvalue weighted by Gasteiger charge is -2.39. The second-order valence-corrected chi connectivity index (χ2v) is 18.7. The summed E-state index contributed by atoms with van der Waals surface area (Å²) in [6.45, 7) is 4.57. The molecule has 0 saturated carbocycles. The lowest BCUT2D eigenvalue weighted by molar-refractivity contribution is -0.305. The molecule has 64 heavy (non-hydrogen) atoms. The number of ether oxygens (including phenoxy) is 4. The van der Waals surface area contributed by atoms with E-state index < -0.39 is 43.4 Å². The molecule has 6 atom stereocenters. The summed E-state index contributed by atoms with van der Waals surface area (Å²) in [5, 5.41) is 40.3. The number of allylic oxidation sites excluding steroid dienone is 6. The summed E-state index contributed by atoms with van der Waals surface area (Å²) in [7, 11) is 0. The zero-order valence-corrected chi connectivity index (χ0v) is 41.5. The number of rotatable bonds is 47. The molecule has 6 unspecified atom stereocenters. The van der Waals surface area contributed by atoms with Crippen LogP contribution in [-0.2, 0) is 23.7 Å². The third-order valence-corrected chi connectivity index (χ3v) is 12.5. The highest BCUT2D eigenvalue weighted by molar-refractivity contribution is 5.69. The van der Waals surface area contributed by atoms with Crippen molar-refractivity contribution in [2.45, 2.75) is 282 Å². The van der Waals surface area contributed by atoms with Crippen LogP contribution in [0, 0.1) is 0 Å². The van der Waals surface area contributed by atoms with Gasteiger partial charge in [0, 0.05) is 13.0 Å². The van der Waals surface area contributed by atoms with Gasteiger partial charge < -0.3 is 39.4 Å². The number of unbranched alkanes of at least 4 members (excludes halogenated alkanes) is 30. The first-order chi connectivity index (χ1) is 31.4. The fraction of sp³-hybridized carbons (Fsp3) is 0.873. The third-order valence-electron chi connectivity index (χ3n) is 12.5. The first-order valence-corrected chi connectivity index (χ1v) is 27.1. The van der Waals surface area contributed by atoms with E-state index in [0.29, 0.717) is 13.0 Å². The Balaban J connectivity index is 2.18. The quantitative estimate of drug-likeness (QED) is 0.0267. The predicted molar refractivity (Wildman–Crippen MR) is 265 cm³/mol. The SMILES string of the molecule is CCCCCCC/C=C\C/C=C\CCCCCCCCCCCCCC(=O)OC(COCCCCCCCCCC/C=C\CCCCCCCC)COC1OC(CO)C(O)C(O)C1O. The van der Waals surface area contributed by atoms with Gasteiger partial charge in [0.15, 0.2) is 6.29 Å². The van der Waals surface area contributed by atoms with Gasteiger partial charge in [-0.25, -0.2) is 0 Å². The predicted octanol–water partition coefficient (Wildman–Crippen LogP) is 13.5. The van der Waals surface area contributed by atoms with Crippen molar-refractivity contribution in [2.24, 2.45) is 0 Å². The highest BCUT2D eigenvalue weighted by Crippen LogP contribution is 2.23. The normalized spacial score (nSPS) is 19.8. The van der Waals surface area contributed by atoms with E-state index in [-0.39, 0.29) is 19.2 Å². The summed E-state index contributed by atoms with van der Waals surface area (Å²) in [6, 6.07) is 0. The molecule has 0 aliphatic carbocycles. The number of aliphatic hydroxyl groups is 4. The summed E-state index contributed by atoms with van der Waals surface area (Å²) in [6.07, 6.45) is 50.3. The van der Waals surface area contributed by atoms with Crippen LogP contribution in [-0.4, -0.2) is 89.6 Å². The van der Waals surface area contributed by atoms with E-state index in [1.807, 2.05) is 0 Å². The number of hydrogen-bond acceptors (Lipinski definition) is 9. The van der Waals surface area contributed by atoms with Crippen LogP contribution < -0.4 is 0 Å². The molecular formula is C55H102O9. The largest absolute Gasteiger partial charge is 0.457 e. The highest BCUT2D eigenvalue weighted by atomic mass is 16.7. The Morgan fingerprint density at radius 1 is 0.500 bits per heavy atom. The monoisotopic (exact) mass is 907 g/mol. The summed E-state index contributed by atoms with van der Waals surface area (Å²) in [5.74, 6) is -0.314. The second kappa shape index (κ2) is 46.5. The van der Waals surface area contributed by atoms with Gasteiger partial charge in [0.05, 0.1) is 19.8 Å². The van der Waals surface area contributed by atoms with Crippen LogP contribution in [0.25, 0.3) is 0 Å². The van der Waals surface area contributed by atoms with Gasteiger partial charge in [0.2, 0.25) is 0 Å². The lowest BCUT2D eigenvalue weighted by atomic mass is 9.99. The Labute approximate surface area is 393 Å². The molecule has 376 valence electrons. The minimum Gasteiger partial charge on any atom is -0.457 e. The van der Waals surface area contributed by atoms with Gasteiger partial charge >= 0.3 is 5.97 Å². The number of aliphatic hydroxyl groups excluding tert-OH is 4. The smallest absolute Gasteiger partial charge is 0.306 e. The molecule has 1 saturated heterocycles. The molecular weight excluding hydrogens is 805 g/mol. The minimum absolute atomic E-state index is 0.113. The van der Waals surface area contributed by atoms with Gasteiger partial charge in [-0.3, -0.25) is 4.79 Å². The van der Waals surface area contributed by atoms with E-state index in [9.17, 15) is 25.2 Å². The van der Waals surface area contributed by atoms with Gasteiger partial charge in [-0.2, -0.15) is 0 Å². The zero-order chi connectivity index (χ0) is 46.4. The molecule has 1 aliphatic heterocycles. The number of esters is 1. The van der Waals surface area contributed by atoms with E-state index >= 15 is 0 Å². The molecule has 0 aromatic heterocycles. The fourth-order valence-corrected chi connectivity index (χ4v) is 8.28. The van der Waals surface area contributed by atoms with E-state index in [1.165, 1.54) is 186 Å². The molecule has 9 heteroatoms. The Kier molecular flexibility index (Phi) is 43.9. The van der Waals surface area contributed by atoms with Crippen molar-refractivity contribution in [1.82, 2.24) is 0 Å². The standard InChI is InChI=1S/C55H102O9/c1-3-5-7-9-11-13-15-17-19-21-23-24-25-26-27-28-30-32-34-36-38-40-42-44-51(57)63-49(48-62-55-54(60)53(59)52(58)50(46-56)64-55)47-61-45-43-41-39-37-35-33-31-29-22-20-18-16-14-12-10-8-6-4-2/h15,17-18,20-21,23,49-50,52-56,58-60H,3-14,16,19,22,24-48H2,1-2H3/b17-15-,20-18-,23-21-. The first kappa shape index (κ1) is 60.4. The highest BCUT2D eigenvalue weighted by Gasteiger charge is 2.44. The van der Waals surface area contributed by atoms with Gasteiger partial charge in [-0.1, -0.05) is 204 Å². The summed E-state index contributed by atoms with van der Waals surface area (Å²) < 4.78 is 22.9. The van der Waals surface area contributed by atoms with Crippen molar-refractivity contribution in [3.63, 3.8) is 0 Å². The van der Waals surface area contributed by atoms with Crippen LogP contribution in [0.15, 0.2) is 36.5 Å². The Morgan fingerprint density at radius 3 is 1.36 bits per heavy atom. The van der Waals surface area contributed by atoms with Crippen molar-refractivity contribution in [2.75, 3.05) is 26.4 Å². The van der Waals surface area contributed by atoms with Gasteiger partial charge in [0.25, 0.3) is 0 Å². The van der Waals surface area contributed by atoms with E-state index in [2.05, 4.69) is 50.3 Å². The van der Waals surface area contributed by atoms with Gasteiger partial charge in [0.1, 0.15) is 30.5 Å². The Morgan fingerprint density at radius 2 is 0.906 bits per heavy atom. The summed E-state index contributed by atoms with van der Waals surface area (Å²) >= 11 is 0. The van der Waals surface area contributed by atoms with Crippen molar-refractivity contribution in [3.8, 4) is 0 Å². The minimum atomic E-state index is -1.54. The van der Waals surface area contributed by atoms with Crippen molar-refractivity contribution in [1.29, 1.82) is 0 Å². The summed E-state index contributed by atoms with van der Waals surface area (Å²) in [5.41, 5.74) is 0. The zero-order valence-electron chi connectivity index (χ0n) is 41.5. The fourth-order valence-electron chi connectivity index (χ4n) is 8.28. The molecule has 0 spiro atoms. The van der Waals surface area contributed by atoms with Crippen LogP contribution in [0.5, 0.6) is 0 Å². The summed E-state index contributed by atoms with van der Waals surface area (Å²) in [4.78, 5) is 12.9. The molecule has 4 N–H and O–H groups in total. The molecule has 9 nitrogen and oxygen atoms in total. The van der Waals surface area contributed by atoms with Crippen LogP contribution in [0.2, 0.25) is 0 Å². The molecule has 0 bridgehead atoms. The molecule has 1 heterocycles. The van der Waals surface area contributed by atoms with Crippen molar-refractivity contribution in [3.05, 3.63) is 36.5 Å². The van der Waals surface area contributed by atoms with Crippen LogP contribution in [0.3, 0.4) is 0 Å². The topological polar surface area (TPSA) is 135 Å². The molecule has 0 amide bonds. The maximum Gasteiger partial charge on any atom is 0.306 e. The van der Waals surface area contributed by atoms with Crippen LogP contribution in [0.1, 0.15) is 245 Å². The van der Waals surface area contributed by atoms with Gasteiger partial charge in [-0.05, 0) is 70.6 Å².